The van der Waals surface area contributed by atoms with Gasteiger partial charge in [0.25, 0.3) is 0 Å². The summed E-state index contributed by atoms with van der Waals surface area (Å²) in [5.41, 5.74) is -0.578. The topological polar surface area (TPSA) is 37.3 Å². The van der Waals surface area contributed by atoms with Gasteiger partial charge in [-0.2, -0.15) is 0 Å². The van der Waals surface area contributed by atoms with Gasteiger partial charge in [0, 0.05) is 0 Å². The first-order chi connectivity index (χ1) is 6.79. The summed E-state index contributed by atoms with van der Waals surface area (Å²) in [5.74, 6) is 0.532. The lowest BCUT2D eigenvalue weighted by atomic mass is 9.80. The minimum absolute atomic E-state index is 0.498. The third kappa shape index (κ3) is 5.81. The van der Waals surface area contributed by atoms with E-state index >= 15 is 0 Å². The van der Waals surface area contributed by atoms with Crippen molar-refractivity contribution >= 4 is 5.97 Å². The van der Waals surface area contributed by atoms with Gasteiger partial charge in [-0.3, -0.25) is 4.79 Å². The maximum absolute atomic E-state index is 11.0. The molecule has 0 heterocycles. The summed E-state index contributed by atoms with van der Waals surface area (Å²) < 4.78 is 0. The zero-order valence-electron chi connectivity index (χ0n) is 10.8. The Labute approximate surface area is 94.1 Å². The zero-order valence-corrected chi connectivity index (χ0v) is 10.8. The zero-order chi connectivity index (χ0) is 12.1. The largest absolute Gasteiger partial charge is 0.481 e. The van der Waals surface area contributed by atoms with E-state index in [-0.39, 0.29) is 0 Å². The van der Waals surface area contributed by atoms with E-state index in [1.54, 1.807) is 0 Å². The molecule has 0 aromatic heterocycles. The molecule has 0 aliphatic carbocycles. The Kier molecular flexibility index (Phi) is 5.92. The van der Waals surface area contributed by atoms with Crippen LogP contribution in [0.4, 0.5) is 0 Å². The number of carbonyl (C=O) groups is 1. The van der Waals surface area contributed by atoms with Crippen LogP contribution in [-0.4, -0.2) is 11.1 Å². The third-order valence-electron chi connectivity index (χ3n) is 3.02. The fraction of sp³-hybridized carbons (Fsp3) is 0.923. The predicted molar refractivity (Wildman–Crippen MR) is 63.9 cm³/mol. The van der Waals surface area contributed by atoms with Crippen LogP contribution < -0.4 is 0 Å². The number of hydrogen-bond acceptors (Lipinski definition) is 1. The first kappa shape index (κ1) is 14.5. The standard InChI is InChI=1S/C13H26O2/c1-6-7-10(2)8-11(3)9-13(4,5)12(14)15/h10-11H,6-9H2,1-5H3,(H,14,15). The van der Waals surface area contributed by atoms with Crippen LogP contribution in [0, 0.1) is 17.3 Å². The van der Waals surface area contributed by atoms with Crippen LogP contribution >= 0.6 is 0 Å². The molecule has 0 bridgehead atoms. The van der Waals surface area contributed by atoms with Crippen LogP contribution in [0.1, 0.15) is 60.3 Å². The molecule has 90 valence electrons. The Balaban J connectivity index is 4.02. The number of aliphatic carboxylic acids is 1. The van der Waals surface area contributed by atoms with Gasteiger partial charge in [0.15, 0.2) is 0 Å². The molecule has 0 aromatic rings. The molecule has 0 aliphatic heterocycles. The fourth-order valence-corrected chi connectivity index (χ4v) is 2.34. The highest BCUT2D eigenvalue weighted by Crippen LogP contribution is 2.29. The van der Waals surface area contributed by atoms with E-state index in [1.165, 1.54) is 12.8 Å². The Hall–Kier alpha value is -0.530. The molecule has 2 unspecified atom stereocenters. The summed E-state index contributed by atoms with van der Waals surface area (Å²) in [6.07, 6.45) is 4.38. The smallest absolute Gasteiger partial charge is 0.309 e. The molecule has 0 amide bonds. The van der Waals surface area contributed by atoms with E-state index in [9.17, 15) is 4.79 Å². The van der Waals surface area contributed by atoms with Crippen LogP contribution in [0.3, 0.4) is 0 Å². The highest BCUT2D eigenvalue weighted by atomic mass is 16.4. The monoisotopic (exact) mass is 214 g/mol. The van der Waals surface area contributed by atoms with Crippen molar-refractivity contribution in [3.63, 3.8) is 0 Å². The Morgan fingerprint density at radius 1 is 1.27 bits per heavy atom. The summed E-state index contributed by atoms with van der Waals surface area (Å²) in [6.45, 7) is 10.2. The van der Waals surface area contributed by atoms with Crippen molar-refractivity contribution in [2.45, 2.75) is 60.3 Å². The third-order valence-corrected chi connectivity index (χ3v) is 3.02. The van der Waals surface area contributed by atoms with Crippen LogP contribution in [-0.2, 0) is 4.79 Å². The van der Waals surface area contributed by atoms with E-state index < -0.39 is 11.4 Å². The molecule has 0 rings (SSSR count). The number of hydrogen-bond donors (Lipinski definition) is 1. The minimum Gasteiger partial charge on any atom is -0.481 e. The first-order valence-electron chi connectivity index (χ1n) is 6.03. The Bertz CT molecular complexity index is 197. The van der Waals surface area contributed by atoms with E-state index in [2.05, 4.69) is 20.8 Å². The first-order valence-corrected chi connectivity index (χ1v) is 6.03. The van der Waals surface area contributed by atoms with Gasteiger partial charge in [-0.05, 0) is 38.5 Å². The maximum Gasteiger partial charge on any atom is 0.309 e. The molecule has 0 aliphatic rings. The second kappa shape index (κ2) is 6.14. The van der Waals surface area contributed by atoms with Gasteiger partial charge in [0.05, 0.1) is 5.41 Å². The molecule has 0 aromatic carbocycles. The predicted octanol–water partition coefficient (Wildman–Crippen LogP) is 3.95. The lowest BCUT2D eigenvalue weighted by Crippen LogP contribution is -2.26. The van der Waals surface area contributed by atoms with E-state index in [4.69, 9.17) is 5.11 Å². The second-order valence-corrected chi connectivity index (χ2v) is 5.63. The van der Waals surface area contributed by atoms with Gasteiger partial charge in [0.2, 0.25) is 0 Å². The average Bonchev–Trinajstić information content (AvgIpc) is 2.02. The van der Waals surface area contributed by atoms with Gasteiger partial charge in [-0.15, -0.1) is 0 Å². The Morgan fingerprint density at radius 2 is 1.80 bits per heavy atom. The summed E-state index contributed by atoms with van der Waals surface area (Å²) in [6, 6.07) is 0. The van der Waals surface area contributed by atoms with E-state index in [1.807, 2.05) is 13.8 Å². The van der Waals surface area contributed by atoms with Crippen molar-refractivity contribution in [2.24, 2.45) is 17.3 Å². The summed E-state index contributed by atoms with van der Waals surface area (Å²) >= 11 is 0. The Morgan fingerprint density at radius 3 is 2.20 bits per heavy atom. The van der Waals surface area contributed by atoms with Crippen molar-refractivity contribution in [1.29, 1.82) is 0 Å². The summed E-state index contributed by atoms with van der Waals surface area (Å²) in [7, 11) is 0. The molecule has 1 N–H and O–H groups in total. The highest BCUT2D eigenvalue weighted by Gasteiger charge is 2.29. The molecular weight excluding hydrogens is 188 g/mol. The van der Waals surface area contributed by atoms with Crippen molar-refractivity contribution in [3.05, 3.63) is 0 Å². The quantitative estimate of drug-likeness (QED) is 0.696. The van der Waals surface area contributed by atoms with Crippen molar-refractivity contribution < 1.29 is 9.90 Å². The van der Waals surface area contributed by atoms with Crippen LogP contribution in [0.15, 0.2) is 0 Å². The van der Waals surface area contributed by atoms with Gasteiger partial charge in [-0.25, -0.2) is 0 Å². The molecule has 0 radical (unpaired) electrons. The molecule has 15 heavy (non-hydrogen) atoms. The molecule has 2 heteroatoms. The molecule has 2 atom stereocenters. The maximum atomic E-state index is 11.0. The average molecular weight is 214 g/mol. The molecular formula is C13H26O2. The molecule has 2 nitrogen and oxygen atoms in total. The van der Waals surface area contributed by atoms with Gasteiger partial charge >= 0.3 is 5.97 Å². The minimum atomic E-state index is -0.683. The van der Waals surface area contributed by atoms with Crippen LogP contribution in [0.5, 0.6) is 0 Å². The number of carboxylic acid groups (broad SMARTS) is 1. The fourth-order valence-electron chi connectivity index (χ4n) is 2.34. The molecule has 0 spiro atoms. The number of carboxylic acids is 1. The second-order valence-electron chi connectivity index (χ2n) is 5.63. The molecule has 0 fully saturated rings. The lowest BCUT2D eigenvalue weighted by Gasteiger charge is -2.25. The van der Waals surface area contributed by atoms with Gasteiger partial charge in [0.1, 0.15) is 0 Å². The van der Waals surface area contributed by atoms with E-state index in [0.29, 0.717) is 5.92 Å². The van der Waals surface area contributed by atoms with Crippen molar-refractivity contribution in [1.82, 2.24) is 0 Å². The van der Waals surface area contributed by atoms with Gasteiger partial charge < -0.3 is 5.11 Å². The van der Waals surface area contributed by atoms with Crippen molar-refractivity contribution in [3.8, 4) is 0 Å². The summed E-state index contributed by atoms with van der Waals surface area (Å²) in [5, 5.41) is 9.03. The van der Waals surface area contributed by atoms with Crippen LogP contribution in [0.25, 0.3) is 0 Å². The van der Waals surface area contributed by atoms with E-state index in [0.717, 1.165) is 18.8 Å². The molecule has 0 saturated carbocycles. The van der Waals surface area contributed by atoms with Gasteiger partial charge in [-0.1, -0.05) is 33.6 Å². The lowest BCUT2D eigenvalue weighted by molar-refractivity contribution is -0.147. The SMILES string of the molecule is CCCC(C)CC(C)CC(C)(C)C(=O)O. The van der Waals surface area contributed by atoms with Crippen LogP contribution in [0.2, 0.25) is 0 Å². The molecule has 0 saturated heterocycles. The summed E-state index contributed by atoms with van der Waals surface area (Å²) in [4.78, 5) is 11.0. The normalized spacial score (nSPS) is 16.1. The van der Waals surface area contributed by atoms with Crippen molar-refractivity contribution in [2.75, 3.05) is 0 Å². The number of rotatable bonds is 7. The highest BCUT2D eigenvalue weighted by molar-refractivity contribution is 5.73.